The summed E-state index contributed by atoms with van der Waals surface area (Å²) in [6.45, 7) is 7.22. The van der Waals surface area contributed by atoms with E-state index in [9.17, 15) is 14.4 Å². The monoisotopic (exact) mass is 568 g/mol. The number of hydrogen-bond acceptors (Lipinski definition) is 6. The first-order valence-electron chi connectivity index (χ1n) is 13.2. The van der Waals surface area contributed by atoms with Crippen LogP contribution < -0.4 is 5.32 Å². The van der Waals surface area contributed by atoms with E-state index in [-0.39, 0.29) is 47.6 Å². The third-order valence-electron chi connectivity index (χ3n) is 8.56. The SMILES string of the molecule is CC(=O)c1nn(CC(=O)N2C3C[C@]3(C)C[C@H]2C(=O)N[C@@H](C)[C@H]2CC2(Cl)Cl)c2ccc(-c3cnc(C)nc3)cc12. The first kappa shape index (κ1) is 26.2. The molecule has 0 bridgehead atoms. The second-order valence-electron chi connectivity index (χ2n) is 11.6. The molecule has 2 aliphatic carbocycles. The number of carbonyl (C=O) groups excluding carboxylic acids is 3. The third kappa shape index (κ3) is 4.59. The standard InChI is InChI=1S/C28H30Cl2N6O3/c1-14(20-8-28(20,29)30)33-26(39)22-9-27(4)10-23(27)36(22)24(38)13-35-21-6-5-17(18-11-31-16(3)32-12-18)7-19(21)25(34-35)15(2)37/h5-7,11-12,14,20,22-23H,8-10,13H2,1-4H3,(H,33,39)/t14-,20+,22-,23?,27-/m0/s1. The number of carbonyl (C=O) groups is 3. The molecule has 3 heterocycles. The normalized spacial score (nSPS) is 27.2. The minimum absolute atomic E-state index is 0.00253. The van der Waals surface area contributed by atoms with Crippen LogP contribution in [0.25, 0.3) is 22.0 Å². The Labute approximate surface area is 236 Å². The van der Waals surface area contributed by atoms with Crippen LogP contribution >= 0.6 is 23.2 Å². The Bertz CT molecular complexity index is 1520. The van der Waals surface area contributed by atoms with Crippen LogP contribution in [0.3, 0.4) is 0 Å². The fraction of sp³-hybridized carbons (Fsp3) is 0.500. The smallest absolute Gasteiger partial charge is 0.245 e. The number of aryl methyl sites for hydroxylation is 1. The molecule has 3 fully saturated rings. The number of halogens is 2. The minimum atomic E-state index is -0.798. The van der Waals surface area contributed by atoms with Gasteiger partial charge in [0.15, 0.2) is 5.78 Å². The van der Waals surface area contributed by atoms with Crippen LogP contribution in [0.2, 0.25) is 0 Å². The summed E-state index contributed by atoms with van der Waals surface area (Å²) in [5.41, 5.74) is 2.57. The average Bonchev–Trinajstić information content (AvgIpc) is 3.63. The Balaban J connectivity index is 1.26. The van der Waals surface area contributed by atoms with E-state index in [1.165, 1.54) is 6.92 Å². The molecule has 0 spiro atoms. The van der Waals surface area contributed by atoms with E-state index < -0.39 is 10.4 Å². The lowest BCUT2D eigenvalue weighted by Crippen LogP contribution is -2.51. The Morgan fingerprint density at radius 3 is 2.46 bits per heavy atom. The van der Waals surface area contributed by atoms with E-state index in [1.54, 1.807) is 22.0 Å². The van der Waals surface area contributed by atoms with E-state index in [0.717, 1.165) is 17.5 Å². The van der Waals surface area contributed by atoms with Gasteiger partial charge in [-0.2, -0.15) is 5.10 Å². The number of likely N-dealkylation sites (tertiary alicyclic amines) is 1. The number of benzene rings is 1. The molecule has 2 saturated carbocycles. The van der Waals surface area contributed by atoms with Crippen molar-refractivity contribution in [2.45, 2.75) is 76.0 Å². The molecule has 1 N–H and O–H groups in total. The zero-order valence-corrected chi connectivity index (χ0v) is 23.8. The van der Waals surface area contributed by atoms with Gasteiger partial charge in [-0.25, -0.2) is 9.97 Å². The highest BCUT2D eigenvalue weighted by molar-refractivity contribution is 6.51. The number of piperidine rings is 1. The van der Waals surface area contributed by atoms with Crippen LogP contribution in [-0.2, 0) is 16.1 Å². The number of ketones is 1. The predicted molar refractivity (Wildman–Crippen MR) is 147 cm³/mol. The van der Waals surface area contributed by atoms with E-state index in [0.29, 0.717) is 35.3 Å². The molecule has 2 amide bonds. The van der Waals surface area contributed by atoms with E-state index >= 15 is 0 Å². The van der Waals surface area contributed by atoms with Crippen molar-refractivity contribution in [3.05, 3.63) is 42.1 Å². The maximum Gasteiger partial charge on any atom is 0.245 e. The van der Waals surface area contributed by atoms with Gasteiger partial charge in [0.25, 0.3) is 0 Å². The Kier molecular flexibility index (Phi) is 6.04. The molecule has 204 valence electrons. The quantitative estimate of drug-likeness (QED) is 0.339. The summed E-state index contributed by atoms with van der Waals surface area (Å²) >= 11 is 12.4. The number of alkyl halides is 2. The van der Waals surface area contributed by atoms with Crippen LogP contribution in [0.5, 0.6) is 0 Å². The molecule has 9 nitrogen and oxygen atoms in total. The van der Waals surface area contributed by atoms with Crippen LogP contribution in [0.4, 0.5) is 0 Å². The van der Waals surface area contributed by atoms with Gasteiger partial charge in [0, 0.05) is 48.3 Å². The summed E-state index contributed by atoms with van der Waals surface area (Å²) in [6, 6.07) is 4.90. The second kappa shape index (κ2) is 8.99. The minimum Gasteiger partial charge on any atom is -0.351 e. The van der Waals surface area contributed by atoms with Crippen molar-refractivity contribution < 1.29 is 14.4 Å². The molecular formula is C28H30Cl2N6O3. The fourth-order valence-corrected chi connectivity index (χ4v) is 6.76. The van der Waals surface area contributed by atoms with Gasteiger partial charge >= 0.3 is 0 Å². The van der Waals surface area contributed by atoms with Crippen molar-refractivity contribution >= 4 is 51.7 Å². The molecule has 1 saturated heterocycles. The lowest BCUT2D eigenvalue weighted by molar-refractivity contribution is -0.140. The number of aromatic nitrogens is 4. The lowest BCUT2D eigenvalue weighted by Gasteiger charge is -2.28. The zero-order chi connectivity index (χ0) is 27.9. The molecule has 39 heavy (non-hydrogen) atoms. The molecule has 0 radical (unpaired) electrons. The van der Waals surface area contributed by atoms with Crippen LogP contribution in [0.15, 0.2) is 30.6 Å². The zero-order valence-electron chi connectivity index (χ0n) is 22.2. The van der Waals surface area contributed by atoms with Crippen molar-refractivity contribution in [2.75, 3.05) is 0 Å². The van der Waals surface area contributed by atoms with Gasteiger partial charge in [0.1, 0.15) is 28.4 Å². The van der Waals surface area contributed by atoms with Crippen LogP contribution in [0, 0.1) is 18.3 Å². The summed E-state index contributed by atoms with van der Waals surface area (Å²) in [4.78, 5) is 49.8. The van der Waals surface area contributed by atoms with Gasteiger partial charge in [-0.3, -0.25) is 19.1 Å². The molecule has 3 aliphatic rings. The first-order chi connectivity index (χ1) is 18.4. The molecule has 1 aliphatic heterocycles. The third-order valence-corrected chi connectivity index (χ3v) is 9.43. The number of hydrogen-bond donors (Lipinski definition) is 1. The highest BCUT2D eigenvalue weighted by atomic mass is 35.5. The highest BCUT2D eigenvalue weighted by Gasteiger charge is 2.64. The summed E-state index contributed by atoms with van der Waals surface area (Å²) in [5, 5.41) is 8.23. The van der Waals surface area contributed by atoms with Crippen molar-refractivity contribution in [1.82, 2.24) is 30.0 Å². The molecule has 1 aromatic carbocycles. The Morgan fingerprint density at radius 1 is 1.13 bits per heavy atom. The molecule has 5 atom stereocenters. The van der Waals surface area contributed by atoms with Crippen molar-refractivity contribution in [3.63, 3.8) is 0 Å². The highest BCUT2D eigenvalue weighted by Crippen LogP contribution is 2.59. The van der Waals surface area contributed by atoms with Crippen LogP contribution in [0.1, 0.15) is 56.3 Å². The number of nitrogens with one attached hydrogen (secondary N) is 1. The largest absolute Gasteiger partial charge is 0.351 e. The van der Waals surface area contributed by atoms with E-state index in [2.05, 4.69) is 27.3 Å². The molecule has 2 aromatic heterocycles. The Morgan fingerprint density at radius 2 is 1.82 bits per heavy atom. The fourth-order valence-electron chi connectivity index (χ4n) is 6.05. The van der Waals surface area contributed by atoms with Gasteiger partial charge in [-0.05, 0) is 56.2 Å². The number of rotatable bonds is 7. The lowest BCUT2D eigenvalue weighted by atomic mass is 10.0. The summed E-state index contributed by atoms with van der Waals surface area (Å²) < 4.78 is 0.771. The van der Waals surface area contributed by atoms with E-state index in [1.807, 2.05) is 32.0 Å². The van der Waals surface area contributed by atoms with Gasteiger partial charge < -0.3 is 10.2 Å². The number of Topliss-reactive ketones (excluding diaryl/α,β-unsaturated/α-hetero) is 1. The Hall–Kier alpha value is -3.04. The number of nitrogens with zero attached hydrogens (tertiary/aromatic N) is 5. The van der Waals surface area contributed by atoms with Crippen LogP contribution in [-0.4, -0.2) is 64.7 Å². The van der Waals surface area contributed by atoms with Gasteiger partial charge in [-0.15, -0.1) is 23.2 Å². The van der Waals surface area contributed by atoms with E-state index in [4.69, 9.17) is 23.2 Å². The maximum atomic E-state index is 13.7. The second-order valence-corrected chi connectivity index (χ2v) is 13.1. The molecule has 1 unspecified atom stereocenters. The number of amides is 2. The molecule has 3 aromatic rings. The molecule has 11 heteroatoms. The molecular weight excluding hydrogens is 539 g/mol. The van der Waals surface area contributed by atoms with Crippen molar-refractivity contribution in [1.29, 1.82) is 0 Å². The summed E-state index contributed by atoms with van der Waals surface area (Å²) in [7, 11) is 0. The van der Waals surface area contributed by atoms with Gasteiger partial charge in [-0.1, -0.05) is 13.0 Å². The molecule has 6 rings (SSSR count). The topological polar surface area (TPSA) is 110 Å². The predicted octanol–water partition coefficient (Wildman–Crippen LogP) is 4.08. The van der Waals surface area contributed by atoms with Gasteiger partial charge in [0.2, 0.25) is 11.8 Å². The first-order valence-corrected chi connectivity index (χ1v) is 13.9. The maximum absolute atomic E-state index is 13.7. The summed E-state index contributed by atoms with van der Waals surface area (Å²) in [6.07, 6.45) is 5.59. The van der Waals surface area contributed by atoms with Crippen molar-refractivity contribution in [3.8, 4) is 11.1 Å². The van der Waals surface area contributed by atoms with Crippen molar-refractivity contribution in [2.24, 2.45) is 11.3 Å². The average molecular weight is 569 g/mol. The number of fused-ring (bicyclic) bond motifs is 2. The summed E-state index contributed by atoms with van der Waals surface area (Å²) in [5.74, 6) is 0.0992. The van der Waals surface area contributed by atoms with Gasteiger partial charge in [0.05, 0.1) is 5.52 Å².